The summed E-state index contributed by atoms with van der Waals surface area (Å²) in [5.74, 6) is 0. The van der Waals surface area contributed by atoms with Gasteiger partial charge in [-0.2, -0.15) is 0 Å². The van der Waals surface area contributed by atoms with Gasteiger partial charge < -0.3 is 0 Å². The Kier molecular flexibility index (Phi) is 10.9. The van der Waals surface area contributed by atoms with Gasteiger partial charge in [-0.3, -0.25) is 0 Å². The monoisotopic (exact) mass is 320 g/mol. The molecule has 128 valence electrons. The first-order valence-corrected chi connectivity index (χ1v) is 8.80. The molecule has 0 atom stereocenters. The minimum absolute atomic E-state index is 0.224. The highest BCUT2D eigenvalue weighted by molar-refractivity contribution is 5.51. The summed E-state index contributed by atoms with van der Waals surface area (Å²) in [6.45, 7) is 18.0. The zero-order valence-electron chi connectivity index (χ0n) is 15.9. The summed E-state index contributed by atoms with van der Waals surface area (Å²) in [7, 11) is 0. The maximum atomic E-state index is 3.98. The van der Waals surface area contributed by atoms with Crippen LogP contribution in [0.3, 0.4) is 0 Å². The van der Waals surface area contributed by atoms with E-state index < -0.39 is 0 Å². The van der Waals surface area contributed by atoms with Crippen molar-refractivity contribution in [3.8, 4) is 0 Å². The van der Waals surface area contributed by atoms with Crippen molar-refractivity contribution in [3.05, 3.63) is 109 Å². The lowest BCUT2D eigenvalue weighted by Crippen LogP contribution is -2.25. The molecule has 2 rings (SSSR count). The molecule has 0 bridgehead atoms. The molecule has 0 heterocycles. The lowest BCUT2D eigenvalue weighted by Gasteiger charge is -2.32. The summed E-state index contributed by atoms with van der Waals surface area (Å²) < 4.78 is 0. The van der Waals surface area contributed by atoms with Crippen LogP contribution in [0.1, 0.15) is 45.7 Å². The van der Waals surface area contributed by atoms with Crippen LogP contribution in [0, 0.1) is 0 Å². The first-order chi connectivity index (χ1) is 11.7. The third-order valence-corrected chi connectivity index (χ3v) is 3.80. The molecule has 0 N–H and O–H groups in total. The highest BCUT2D eigenvalue weighted by Crippen LogP contribution is 2.39. The number of rotatable bonds is 5. The average molecular weight is 321 g/mol. The van der Waals surface area contributed by atoms with Crippen LogP contribution in [0.4, 0.5) is 0 Å². The van der Waals surface area contributed by atoms with E-state index in [0.29, 0.717) is 0 Å². The average Bonchev–Trinajstić information content (AvgIpc) is 2.70. The fourth-order valence-electron chi connectivity index (χ4n) is 2.61. The third-order valence-electron chi connectivity index (χ3n) is 3.80. The lowest BCUT2D eigenvalue weighted by atomic mass is 9.70. The van der Waals surface area contributed by atoms with Crippen LogP contribution in [-0.2, 0) is 5.41 Å². The smallest absolute Gasteiger partial charge is 0.0423 e. The van der Waals surface area contributed by atoms with Gasteiger partial charge in [0.25, 0.3) is 0 Å². The van der Waals surface area contributed by atoms with Gasteiger partial charge in [-0.15, -0.1) is 0 Å². The molecule has 2 aromatic rings. The summed E-state index contributed by atoms with van der Waals surface area (Å²) in [5, 5.41) is 0. The second-order valence-corrected chi connectivity index (χ2v) is 4.92. The van der Waals surface area contributed by atoms with Crippen molar-refractivity contribution in [3.63, 3.8) is 0 Å². The predicted octanol–water partition coefficient (Wildman–Crippen LogP) is 7.34. The number of benzene rings is 2. The number of allylic oxidation sites excluding steroid dienone is 4. The Balaban J connectivity index is 0.00000123. The van der Waals surface area contributed by atoms with Crippen LogP contribution < -0.4 is 0 Å². The summed E-state index contributed by atoms with van der Waals surface area (Å²) in [4.78, 5) is 0. The highest BCUT2D eigenvalue weighted by Gasteiger charge is 2.31. The summed E-state index contributed by atoms with van der Waals surface area (Å²) in [6.07, 6.45) is 5.77. The van der Waals surface area contributed by atoms with Crippen molar-refractivity contribution in [1.82, 2.24) is 0 Å². The second-order valence-electron chi connectivity index (χ2n) is 4.92. The summed E-state index contributed by atoms with van der Waals surface area (Å²) >= 11 is 0. The molecule has 0 saturated heterocycles. The van der Waals surface area contributed by atoms with Crippen molar-refractivity contribution in [2.45, 2.75) is 40.0 Å². The van der Waals surface area contributed by atoms with E-state index in [0.717, 1.165) is 5.57 Å². The molecular formula is C24H32. The van der Waals surface area contributed by atoms with Gasteiger partial charge in [0, 0.05) is 5.41 Å². The summed E-state index contributed by atoms with van der Waals surface area (Å²) in [6, 6.07) is 21.0. The maximum Gasteiger partial charge on any atom is 0.0423 e. The van der Waals surface area contributed by atoms with Gasteiger partial charge >= 0.3 is 0 Å². The van der Waals surface area contributed by atoms with Crippen LogP contribution in [0.15, 0.2) is 97.6 Å². The van der Waals surface area contributed by atoms with Crippen molar-refractivity contribution in [1.29, 1.82) is 0 Å². The number of hydrogen-bond acceptors (Lipinski definition) is 0. The van der Waals surface area contributed by atoms with Crippen molar-refractivity contribution >= 4 is 0 Å². The van der Waals surface area contributed by atoms with E-state index in [2.05, 4.69) is 68.6 Å². The lowest BCUT2D eigenvalue weighted by molar-refractivity contribution is 0.691. The molecule has 0 fully saturated rings. The SMILES string of the molecule is C=C/C=C(\C=C)C(C)(c1ccccc1)c1ccccc1.CC.CC. The maximum absolute atomic E-state index is 3.98. The molecule has 0 aliphatic heterocycles. The molecule has 0 aliphatic carbocycles. The molecule has 24 heavy (non-hydrogen) atoms. The molecule has 0 spiro atoms. The molecule has 0 amide bonds. The van der Waals surface area contributed by atoms with Gasteiger partial charge in [-0.25, -0.2) is 0 Å². The fourth-order valence-corrected chi connectivity index (χ4v) is 2.61. The van der Waals surface area contributed by atoms with E-state index in [1.165, 1.54) is 11.1 Å². The van der Waals surface area contributed by atoms with E-state index in [1.807, 2.05) is 58.1 Å². The normalized spacial score (nSPS) is 10.5. The van der Waals surface area contributed by atoms with E-state index in [1.54, 1.807) is 0 Å². The Bertz CT molecular complexity index is 564. The van der Waals surface area contributed by atoms with Crippen molar-refractivity contribution < 1.29 is 0 Å². The Morgan fingerprint density at radius 2 is 1.12 bits per heavy atom. The molecule has 0 unspecified atom stereocenters. The van der Waals surface area contributed by atoms with E-state index in [-0.39, 0.29) is 5.41 Å². The van der Waals surface area contributed by atoms with Crippen molar-refractivity contribution in [2.75, 3.05) is 0 Å². The molecule has 0 radical (unpaired) electrons. The standard InChI is InChI=1S/C20H20.2C2H6/c1-4-12-17(5-2)20(3,18-13-8-6-9-14-18)19-15-10-7-11-16-19;2*1-2/h4-16H,1-2H2,3H3;2*1-2H3/b17-12+;;. The van der Waals surface area contributed by atoms with Crippen LogP contribution in [0.2, 0.25) is 0 Å². The molecule has 0 heteroatoms. The Labute approximate surface area is 149 Å². The van der Waals surface area contributed by atoms with Crippen LogP contribution >= 0.6 is 0 Å². The minimum Gasteiger partial charge on any atom is -0.0991 e. The first-order valence-electron chi connectivity index (χ1n) is 8.80. The molecule has 0 saturated carbocycles. The zero-order valence-corrected chi connectivity index (χ0v) is 15.9. The Morgan fingerprint density at radius 1 is 0.750 bits per heavy atom. The molecule has 2 aromatic carbocycles. The topological polar surface area (TPSA) is 0 Å². The minimum atomic E-state index is -0.224. The fraction of sp³-hybridized carbons (Fsp3) is 0.250. The highest BCUT2D eigenvalue weighted by atomic mass is 14.3. The Morgan fingerprint density at radius 3 is 1.42 bits per heavy atom. The van der Waals surface area contributed by atoms with E-state index in [9.17, 15) is 0 Å². The third kappa shape index (κ3) is 5.09. The predicted molar refractivity (Wildman–Crippen MR) is 111 cm³/mol. The van der Waals surface area contributed by atoms with Gasteiger partial charge in [0.05, 0.1) is 0 Å². The van der Waals surface area contributed by atoms with Gasteiger partial charge in [-0.05, 0) is 23.6 Å². The molecular weight excluding hydrogens is 288 g/mol. The second kappa shape index (κ2) is 12.1. The van der Waals surface area contributed by atoms with Gasteiger partial charge in [-0.1, -0.05) is 120 Å². The Hall–Kier alpha value is -2.34. The van der Waals surface area contributed by atoms with Gasteiger partial charge in [0.1, 0.15) is 0 Å². The van der Waals surface area contributed by atoms with Crippen LogP contribution in [-0.4, -0.2) is 0 Å². The van der Waals surface area contributed by atoms with Gasteiger partial charge in [0.2, 0.25) is 0 Å². The van der Waals surface area contributed by atoms with Crippen LogP contribution in [0.25, 0.3) is 0 Å². The van der Waals surface area contributed by atoms with E-state index in [4.69, 9.17) is 0 Å². The molecule has 0 aromatic heterocycles. The first kappa shape index (κ1) is 21.7. The largest absolute Gasteiger partial charge is 0.0991 e. The van der Waals surface area contributed by atoms with Crippen LogP contribution in [0.5, 0.6) is 0 Å². The molecule has 0 nitrogen and oxygen atoms in total. The quantitative estimate of drug-likeness (QED) is 0.505. The zero-order chi connectivity index (χ0) is 18.4. The van der Waals surface area contributed by atoms with Gasteiger partial charge in [0.15, 0.2) is 0 Å². The van der Waals surface area contributed by atoms with E-state index >= 15 is 0 Å². The molecule has 0 aliphatic rings. The van der Waals surface area contributed by atoms with Crippen molar-refractivity contribution in [2.24, 2.45) is 0 Å². The summed E-state index contributed by atoms with van der Waals surface area (Å²) in [5.41, 5.74) is 3.42. The number of hydrogen-bond donors (Lipinski definition) is 0.